The van der Waals surface area contributed by atoms with Gasteiger partial charge < -0.3 is 0 Å². The maximum absolute atomic E-state index is 10.9. The quantitative estimate of drug-likeness (QED) is 0.368. The van der Waals surface area contributed by atoms with Crippen LogP contribution in [0.4, 0.5) is 0 Å². The summed E-state index contributed by atoms with van der Waals surface area (Å²) in [5.74, 6) is 4.42. The summed E-state index contributed by atoms with van der Waals surface area (Å²) in [4.78, 5) is 21.5. The molecule has 0 spiro atoms. The normalized spacial score (nSPS) is 9.36. The average Bonchev–Trinajstić information content (AvgIpc) is 1.98. The first-order valence-corrected chi connectivity index (χ1v) is 3.67. The summed E-state index contributed by atoms with van der Waals surface area (Å²) in [7, 11) is 0. The molecule has 0 saturated carbocycles. The van der Waals surface area contributed by atoms with Crippen LogP contribution in [0.3, 0.4) is 0 Å². The van der Waals surface area contributed by atoms with Crippen LogP contribution in [0.25, 0.3) is 0 Å². The predicted molar refractivity (Wildman–Crippen MR) is 41.2 cm³/mol. The molecule has 0 rings (SSSR count). The highest BCUT2D eigenvalue weighted by molar-refractivity contribution is 5.93. The van der Waals surface area contributed by atoms with Crippen LogP contribution in [0.15, 0.2) is 0 Å². The highest BCUT2D eigenvalue weighted by Crippen LogP contribution is 1.96. The number of nitrogens with two attached hydrogens (primary N) is 1. The molecule has 0 aromatic carbocycles. The van der Waals surface area contributed by atoms with Gasteiger partial charge in [-0.3, -0.25) is 9.59 Å². The van der Waals surface area contributed by atoms with E-state index in [0.29, 0.717) is 11.4 Å². The molecule has 0 aromatic heterocycles. The molecule has 0 unspecified atom stereocenters. The lowest BCUT2D eigenvalue weighted by Gasteiger charge is -2.10. The van der Waals surface area contributed by atoms with Crippen LogP contribution in [0.2, 0.25) is 0 Å². The molecule has 2 amide bonds. The Morgan fingerprint density at radius 3 is 2.36 bits per heavy atom. The number of rotatable bonds is 3. The van der Waals surface area contributed by atoms with Crippen LogP contribution >= 0.6 is 0 Å². The second kappa shape index (κ2) is 4.85. The number of unbranched alkanes of at least 4 members (excludes halogenated alkanes) is 1. The first-order valence-electron chi connectivity index (χ1n) is 3.67. The zero-order valence-electron chi connectivity index (χ0n) is 6.96. The first-order chi connectivity index (χ1) is 5.09. The smallest absolute Gasteiger partial charge is 0.243 e. The van der Waals surface area contributed by atoms with Gasteiger partial charge in [-0.15, -0.1) is 0 Å². The number of hydrogen-bond donors (Lipinski definition) is 1. The van der Waals surface area contributed by atoms with Gasteiger partial charge in [0.1, 0.15) is 0 Å². The molecule has 0 radical (unpaired) electrons. The van der Waals surface area contributed by atoms with E-state index >= 15 is 0 Å². The van der Waals surface area contributed by atoms with Crippen molar-refractivity contribution < 1.29 is 9.59 Å². The summed E-state index contributed by atoms with van der Waals surface area (Å²) in [6.07, 6.45) is 2.06. The van der Waals surface area contributed by atoms with Gasteiger partial charge >= 0.3 is 0 Å². The minimum atomic E-state index is -0.411. The van der Waals surface area contributed by atoms with Crippen molar-refractivity contribution in [3.63, 3.8) is 0 Å². The molecule has 4 nitrogen and oxygen atoms in total. The number of hydrazine groups is 1. The molecule has 0 bridgehead atoms. The molecule has 0 fully saturated rings. The van der Waals surface area contributed by atoms with Crippen molar-refractivity contribution in [2.45, 2.75) is 33.1 Å². The summed E-state index contributed by atoms with van der Waals surface area (Å²) in [5, 5.41) is 0.662. The van der Waals surface area contributed by atoms with E-state index in [2.05, 4.69) is 0 Å². The molecule has 0 aliphatic carbocycles. The van der Waals surface area contributed by atoms with E-state index in [-0.39, 0.29) is 5.91 Å². The van der Waals surface area contributed by atoms with Gasteiger partial charge in [0, 0.05) is 13.3 Å². The van der Waals surface area contributed by atoms with E-state index in [1.165, 1.54) is 6.92 Å². The molecule has 0 heterocycles. The number of imide groups is 1. The highest BCUT2D eigenvalue weighted by atomic mass is 16.2. The lowest BCUT2D eigenvalue weighted by Crippen LogP contribution is -2.40. The highest BCUT2D eigenvalue weighted by Gasteiger charge is 2.11. The molecule has 4 heteroatoms. The minimum Gasteiger partial charge on any atom is -0.273 e. The largest absolute Gasteiger partial charge is 0.273 e. The van der Waals surface area contributed by atoms with E-state index in [9.17, 15) is 9.59 Å². The predicted octanol–water partition coefficient (Wildman–Crippen LogP) is 0.425. The van der Waals surface area contributed by atoms with E-state index in [1.54, 1.807) is 0 Å². The minimum absolute atomic E-state index is 0.306. The fourth-order valence-corrected chi connectivity index (χ4v) is 0.624. The Hall–Kier alpha value is -0.900. The van der Waals surface area contributed by atoms with Gasteiger partial charge in [0.2, 0.25) is 11.8 Å². The standard InChI is InChI=1S/C7H14N2O2/c1-3-4-5-7(11)9(8)6(2)10/h3-5,8H2,1-2H3. The van der Waals surface area contributed by atoms with Gasteiger partial charge in [-0.1, -0.05) is 13.3 Å². The fourth-order valence-electron chi connectivity index (χ4n) is 0.624. The topological polar surface area (TPSA) is 63.4 Å². The Bertz CT molecular complexity index is 157. The van der Waals surface area contributed by atoms with Gasteiger partial charge in [0.15, 0.2) is 0 Å². The third-order valence-corrected chi connectivity index (χ3v) is 1.35. The van der Waals surface area contributed by atoms with Crippen molar-refractivity contribution in [3.05, 3.63) is 0 Å². The van der Waals surface area contributed by atoms with Crippen molar-refractivity contribution >= 4 is 11.8 Å². The molecule has 0 saturated heterocycles. The number of carbonyl (C=O) groups excluding carboxylic acids is 2. The van der Waals surface area contributed by atoms with Crippen molar-refractivity contribution in [1.82, 2.24) is 5.01 Å². The lowest BCUT2D eigenvalue weighted by atomic mass is 10.2. The molecule has 11 heavy (non-hydrogen) atoms. The fraction of sp³-hybridized carbons (Fsp3) is 0.714. The van der Waals surface area contributed by atoms with Gasteiger partial charge in [0.25, 0.3) is 0 Å². The number of nitrogens with zero attached hydrogens (tertiary/aromatic N) is 1. The average molecular weight is 158 g/mol. The molecule has 0 atom stereocenters. The third-order valence-electron chi connectivity index (χ3n) is 1.35. The summed E-state index contributed by atoms with van der Waals surface area (Å²) in [6.45, 7) is 3.24. The van der Waals surface area contributed by atoms with Crippen molar-refractivity contribution in [1.29, 1.82) is 0 Å². The van der Waals surface area contributed by atoms with Crippen LogP contribution in [0.5, 0.6) is 0 Å². The Labute approximate surface area is 66.3 Å². The second-order valence-electron chi connectivity index (χ2n) is 2.39. The molecule has 0 aromatic rings. The first kappa shape index (κ1) is 10.1. The number of carbonyl (C=O) groups is 2. The summed E-state index contributed by atoms with van der Waals surface area (Å²) in [5.41, 5.74) is 0. The maximum Gasteiger partial charge on any atom is 0.243 e. The van der Waals surface area contributed by atoms with Crippen LogP contribution < -0.4 is 5.84 Å². The van der Waals surface area contributed by atoms with E-state index in [1.807, 2.05) is 6.92 Å². The van der Waals surface area contributed by atoms with Crippen LogP contribution in [-0.2, 0) is 9.59 Å². The molecule has 64 valence electrons. The molecule has 0 aliphatic heterocycles. The van der Waals surface area contributed by atoms with Gasteiger partial charge in [-0.05, 0) is 6.42 Å². The molecular weight excluding hydrogens is 144 g/mol. The SMILES string of the molecule is CCCCC(=O)N(N)C(C)=O. The Morgan fingerprint density at radius 1 is 1.45 bits per heavy atom. The molecule has 2 N–H and O–H groups in total. The maximum atomic E-state index is 10.9. The van der Waals surface area contributed by atoms with Crippen LogP contribution in [-0.4, -0.2) is 16.8 Å². The summed E-state index contributed by atoms with van der Waals surface area (Å²) < 4.78 is 0. The molecule has 0 aliphatic rings. The monoisotopic (exact) mass is 158 g/mol. The van der Waals surface area contributed by atoms with Crippen molar-refractivity contribution in [3.8, 4) is 0 Å². The van der Waals surface area contributed by atoms with Gasteiger partial charge in [0.05, 0.1) is 0 Å². The number of hydrogen-bond acceptors (Lipinski definition) is 3. The van der Waals surface area contributed by atoms with E-state index in [4.69, 9.17) is 5.84 Å². The Kier molecular flexibility index (Phi) is 4.45. The van der Waals surface area contributed by atoms with Crippen LogP contribution in [0.1, 0.15) is 33.1 Å². The zero-order chi connectivity index (χ0) is 8.85. The van der Waals surface area contributed by atoms with Crippen molar-refractivity contribution in [2.24, 2.45) is 5.84 Å². The summed E-state index contributed by atoms with van der Waals surface area (Å²) >= 11 is 0. The van der Waals surface area contributed by atoms with Crippen LogP contribution in [0, 0.1) is 0 Å². The van der Waals surface area contributed by atoms with Crippen molar-refractivity contribution in [2.75, 3.05) is 0 Å². The molecular formula is C7H14N2O2. The summed E-state index contributed by atoms with van der Waals surface area (Å²) in [6, 6.07) is 0. The van der Waals surface area contributed by atoms with Gasteiger partial charge in [-0.25, -0.2) is 10.9 Å². The lowest BCUT2D eigenvalue weighted by molar-refractivity contribution is -0.143. The Morgan fingerprint density at radius 2 is 2.00 bits per heavy atom. The Balaban J connectivity index is 3.74. The second-order valence-corrected chi connectivity index (χ2v) is 2.39. The third kappa shape index (κ3) is 3.72. The van der Waals surface area contributed by atoms with E-state index in [0.717, 1.165) is 12.8 Å². The zero-order valence-corrected chi connectivity index (χ0v) is 6.96. The van der Waals surface area contributed by atoms with Gasteiger partial charge in [-0.2, -0.15) is 0 Å². The van der Waals surface area contributed by atoms with E-state index < -0.39 is 5.91 Å². The number of amides is 2.